The molecular formula is C18H22F3N5. The molecule has 1 saturated heterocycles. The van der Waals surface area contributed by atoms with Crippen molar-refractivity contribution in [3.8, 4) is 11.3 Å². The summed E-state index contributed by atoms with van der Waals surface area (Å²) in [6.45, 7) is 7.98. The van der Waals surface area contributed by atoms with Crippen molar-refractivity contribution in [2.75, 3.05) is 31.1 Å². The molecule has 8 heteroatoms. The molecule has 0 aliphatic carbocycles. The Kier molecular flexibility index (Phi) is 5.41. The van der Waals surface area contributed by atoms with Crippen molar-refractivity contribution in [3.05, 3.63) is 36.0 Å². The number of alkyl halides is 3. The standard InChI is InChI=1S/C18H22F3N5/c1-3-25(4-2)15-9-10-26(12-15)17-23-16(11-22-24-17)13-5-7-14(8-6-13)18(19,20)21/h5-8,11,15H,3-4,9-10,12H2,1-2H3. The Balaban J connectivity index is 1.77. The fourth-order valence-corrected chi connectivity index (χ4v) is 3.36. The molecule has 2 aromatic rings. The second kappa shape index (κ2) is 7.57. The van der Waals surface area contributed by atoms with Crippen LogP contribution in [0.3, 0.4) is 0 Å². The minimum absolute atomic E-state index is 0.461. The third-order valence-electron chi connectivity index (χ3n) is 4.83. The predicted molar refractivity (Wildman–Crippen MR) is 93.8 cm³/mol. The van der Waals surface area contributed by atoms with Gasteiger partial charge in [0.05, 0.1) is 17.5 Å². The molecule has 1 fully saturated rings. The van der Waals surface area contributed by atoms with E-state index in [-0.39, 0.29) is 0 Å². The molecule has 1 aromatic heterocycles. The number of benzene rings is 1. The zero-order chi connectivity index (χ0) is 18.7. The molecule has 1 aromatic carbocycles. The van der Waals surface area contributed by atoms with E-state index < -0.39 is 11.7 Å². The van der Waals surface area contributed by atoms with Crippen molar-refractivity contribution in [2.45, 2.75) is 32.5 Å². The summed E-state index contributed by atoms with van der Waals surface area (Å²) in [6, 6.07) is 5.41. The molecule has 0 spiro atoms. The van der Waals surface area contributed by atoms with Crippen molar-refractivity contribution in [2.24, 2.45) is 0 Å². The first-order valence-corrected chi connectivity index (χ1v) is 8.78. The van der Waals surface area contributed by atoms with Crippen molar-refractivity contribution in [3.63, 3.8) is 0 Å². The topological polar surface area (TPSA) is 45.2 Å². The smallest absolute Gasteiger partial charge is 0.338 e. The summed E-state index contributed by atoms with van der Waals surface area (Å²) in [5, 5.41) is 8.11. The second-order valence-electron chi connectivity index (χ2n) is 6.33. The van der Waals surface area contributed by atoms with Gasteiger partial charge < -0.3 is 4.90 Å². The van der Waals surface area contributed by atoms with Crippen LogP contribution in [0.15, 0.2) is 30.5 Å². The number of anilines is 1. The quantitative estimate of drug-likeness (QED) is 0.812. The largest absolute Gasteiger partial charge is 0.416 e. The van der Waals surface area contributed by atoms with Crippen LogP contribution in [0, 0.1) is 0 Å². The Hall–Kier alpha value is -2.22. The van der Waals surface area contributed by atoms with E-state index in [1.54, 1.807) is 0 Å². The maximum atomic E-state index is 12.7. The van der Waals surface area contributed by atoms with E-state index in [1.165, 1.54) is 18.3 Å². The normalized spacial score (nSPS) is 17.9. The summed E-state index contributed by atoms with van der Waals surface area (Å²) in [6.07, 6.45) is -1.83. The molecule has 1 aliphatic rings. The lowest BCUT2D eigenvalue weighted by Crippen LogP contribution is -2.37. The van der Waals surface area contributed by atoms with Gasteiger partial charge in [-0.15, -0.1) is 5.10 Å². The lowest BCUT2D eigenvalue weighted by molar-refractivity contribution is -0.137. The van der Waals surface area contributed by atoms with Gasteiger partial charge >= 0.3 is 6.18 Å². The van der Waals surface area contributed by atoms with E-state index in [4.69, 9.17) is 0 Å². The maximum Gasteiger partial charge on any atom is 0.416 e. The van der Waals surface area contributed by atoms with Crippen molar-refractivity contribution >= 4 is 5.95 Å². The molecule has 0 saturated carbocycles. The number of nitrogens with zero attached hydrogens (tertiary/aromatic N) is 5. The van der Waals surface area contributed by atoms with Gasteiger partial charge in [0, 0.05) is 24.7 Å². The van der Waals surface area contributed by atoms with Crippen LogP contribution in [0.2, 0.25) is 0 Å². The van der Waals surface area contributed by atoms with Gasteiger partial charge in [0.25, 0.3) is 0 Å². The molecule has 0 bridgehead atoms. The van der Waals surface area contributed by atoms with Crippen LogP contribution in [0.4, 0.5) is 19.1 Å². The Labute approximate surface area is 150 Å². The number of hydrogen-bond acceptors (Lipinski definition) is 5. The van der Waals surface area contributed by atoms with Crippen molar-refractivity contribution in [1.29, 1.82) is 0 Å². The molecule has 1 atom stereocenters. The first-order valence-electron chi connectivity index (χ1n) is 8.78. The molecule has 26 heavy (non-hydrogen) atoms. The molecule has 1 unspecified atom stereocenters. The molecule has 0 amide bonds. The third kappa shape index (κ3) is 3.95. The van der Waals surface area contributed by atoms with E-state index in [0.717, 1.165) is 44.7 Å². The van der Waals surface area contributed by atoms with E-state index >= 15 is 0 Å². The van der Waals surface area contributed by atoms with Crippen molar-refractivity contribution in [1.82, 2.24) is 20.1 Å². The van der Waals surface area contributed by atoms with Gasteiger partial charge in [0.2, 0.25) is 5.95 Å². The SMILES string of the molecule is CCN(CC)C1CCN(c2nncc(-c3ccc(C(F)(F)F)cc3)n2)C1. The van der Waals surface area contributed by atoms with E-state index in [9.17, 15) is 13.2 Å². The van der Waals surface area contributed by atoms with Gasteiger partial charge in [-0.3, -0.25) is 4.90 Å². The Morgan fingerprint density at radius 2 is 1.85 bits per heavy atom. The highest BCUT2D eigenvalue weighted by atomic mass is 19.4. The Morgan fingerprint density at radius 3 is 2.46 bits per heavy atom. The minimum atomic E-state index is -4.34. The summed E-state index contributed by atoms with van der Waals surface area (Å²) in [5.41, 5.74) is 0.439. The number of hydrogen-bond donors (Lipinski definition) is 0. The zero-order valence-corrected chi connectivity index (χ0v) is 14.9. The fourth-order valence-electron chi connectivity index (χ4n) is 3.36. The van der Waals surface area contributed by atoms with E-state index in [1.807, 2.05) is 0 Å². The van der Waals surface area contributed by atoms with Crippen LogP contribution in [0.1, 0.15) is 25.8 Å². The first kappa shape index (κ1) is 18.6. The Morgan fingerprint density at radius 1 is 1.15 bits per heavy atom. The number of aromatic nitrogens is 3. The number of likely N-dealkylation sites (N-methyl/N-ethyl adjacent to an activating group) is 1. The van der Waals surface area contributed by atoms with Gasteiger partial charge in [0.15, 0.2) is 0 Å². The monoisotopic (exact) mass is 365 g/mol. The van der Waals surface area contributed by atoms with Gasteiger partial charge in [-0.2, -0.15) is 18.3 Å². The average molecular weight is 365 g/mol. The lowest BCUT2D eigenvalue weighted by Gasteiger charge is -2.26. The summed E-state index contributed by atoms with van der Waals surface area (Å²) < 4.78 is 38.1. The first-order chi connectivity index (χ1) is 12.4. The van der Waals surface area contributed by atoms with Gasteiger partial charge in [-0.1, -0.05) is 26.0 Å². The van der Waals surface area contributed by atoms with Crippen LogP contribution < -0.4 is 4.90 Å². The zero-order valence-electron chi connectivity index (χ0n) is 14.9. The molecule has 0 N–H and O–H groups in total. The summed E-state index contributed by atoms with van der Waals surface area (Å²) in [7, 11) is 0. The van der Waals surface area contributed by atoms with Crippen LogP contribution in [0.5, 0.6) is 0 Å². The highest BCUT2D eigenvalue weighted by molar-refractivity contribution is 5.59. The van der Waals surface area contributed by atoms with Crippen LogP contribution in [-0.2, 0) is 6.18 Å². The highest BCUT2D eigenvalue weighted by Crippen LogP contribution is 2.30. The molecule has 0 radical (unpaired) electrons. The minimum Gasteiger partial charge on any atom is -0.338 e. The molecule has 5 nitrogen and oxygen atoms in total. The van der Waals surface area contributed by atoms with Crippen LogP contribution >= 0.6 is 0 Å². The molecular weight excluding hydrogens is 343 g/mol. The van der Waals surface area contributed by atoms with E-state index in [0.29, 0.717) is 23.2 Å². The van der Waals surface area contributed by atoms with Crippen LogP contribution in [0.25, 0.3) is 11.3 Å². The molecule has 3 rings (SSSR count). The Bertz CT molecular complexity index is 728. The number of rotatable bonds is 5. The summed E-state index contributed by atoms with van der Waals surface area (Å²) >= 11 is 0. The average Bonchev–Trinajstić information content (AvgIpc) is 3.12. The third-order valence-corrected chi connectivity index (χ3v) is 4.83. The van der Waals surface area contributed by atoms with Crippen LogP contribution in [-0.4, -0.2) is 52.3 Å². The predicted octanol–water partition coefficient (Wildman–Crippen LogP) is 3.48. The number of halogens is 3. The van der Waals surface area contributed by atoms with Crippen molar-refractivity contribution < 1.29 is 13.2 Å². The second-order valence-corrected chi connectivity index (χ2v) is 6.33. The fraction of sp³-hybridized carbons (Fsp3) is 0.500. The summed E-state index contributed by atoms with van der Waals surface area (Å²) in [5.74, 6) is 0.525. The molecule has 140 valence electrons. The summed E-state index contributed by atoms with van der Waals surface area (Å²) in [4.78, 5) is 9.01. The lowest BCUT2D eigenvalue weighted by atomic mass is 10.1. The highest BCUT2D eigenvalue weighted by Gasteiger charge is 2.30. The van der Waals surface area contributed by atoms with Gasteiger partial charge in [-0.25, -0.2) is 4.98 Å². The van der Waals surface area contributed by atoms with Gasteiger partial charge in [-0.05, 0) is 31.6 Å². The van der Waals surface area contributed by atoms with E-state index in [2.05, 4.69) is 38.8 Å². The molecule has 2 heterocycles. The molecule has 1 aliphatic heterocycles. The maximum absolute atomic E-state index is 12.7. The van der Waals surface area contributed by atoms with Gasteiger partial charge in [0.1, 0.15) is 0 Å².